The molecule has 0 aliphatic rings. The zero-order valence-electron chi connectivity index (χ0n) is 13.9. The number of nitrogens with zero attached hydrogens (tertiary/aromatic N) is 2. The van der Waals surface area contributed by atoms with Crippen molar-refractivity contribution in [2.24, 2.45) is 0 Å². The van der Waals surface area contributed by atoms with E-state index in [1.807, 2.05) is 53.1 Å². The van der Waals surface area contributed by atoms with E-state index >= 15 is 0 Å². The van der Waals surface area contributed by atoms with Crippen LogP contribution in [0.3, 0.4) is 0 Å². The largest absolute Gasteiger partial charge is 0.350 e. The molecular formula is C19H17N5O2. The molecule has 0 unspecified atom stereocenters. The molecule has 4 aromatic rings. The van der Waals surface area contributed by atoms with E-state index in [2.05, 4.69) is 20.3 Å². The first-order valence-corrected chi connectivity index (χ1v) is 8.23. The molecule has 0 radical (unpaired) electrons. The first-order valence-electron chi connectivity index (χ1n) is 8.23. The number of H-pyrrole nitrogens is 2. The molecule has 0 atom stereocenters. The van der Waals surface area contributed by atoms with E-state index in [0.717, 1.165) is 28.0 Å². The summed E-state index contributed by atoms with van der Waals surface area (Å²) in [4.78, 5) is 33.4. The van der Waals surface area contributed by atoms with Crippen molar-refractivity contribution in [2.75, 3.05) is 0 Å². The number of benzene rings is 2. The van der Waals surface area contributed by atoms with E-state index in [-0.39, 0.29) is 18.1 Å². The van der Waals surface area contributed by atoms with Crippen LogP contribution < -0.4 is 11.0 Å². The summed E-state index contributed by atoms with van der Waals surface area (Å²) < 4.78 is 1.82. The maximum absolute atomic E-state index is 12.3. The third-order valence-electron chi connectivity index (χ3n) is 4.13. The Bertz CT molecular complexity index is 1110. The van der Waals surface area contributed by atoms with E-state index in [0.29, 0.717) is 6.54 Å². The fourth-order valence-corrected chi connectivity index (χ4v) is 2.89. The zero-order valence-corrected chi connectivity index (χ0v) is 13.9. The SMILES string of the molecule is O=C(Cn1ccnc1-c1ccccc1)NCc1ccc2[nH]c(=O)[nH]c2c1. The Morgan fingerprint density at radius 1 is 1.08 bits per heavy atom. The average Bonchev–Trinajstić information content (AvgIpc) is 3.25. The lowest BCUT2D eigenvalue weighted by molar-refractivity contribution is -0.121. The van der Waals surface area contributed by atoms with Crippen molar-refractivity contribution < 1.29 is 4.79 Å². The van der Waals surface area contributed by atoms with Gasteiger partial charge in [-0.05, 0) is 17.7 Å². The molecule has 7 heteroatoms. The normalized spacial score (nSPS) is 10.9. The van der Waals surface area contributed by atoms with Gasteiger partial charge in [0.1, 0.15) is 12.4 Å². The van der Waals surface area contributed by atoms with E-state index in [1.54, 1.807) is 12.4 Å². The predicted molar refractivity (Wildman–Crippen MR) is 98.4 cm³/mol. The number of amides is 1. The van der Waals surface area contributed by atoms with Crippen molar-refractivity contribution in [2.45, 2.75) is 13.1 Å². The molecule has 0 bridgehead atoms. The molecule has 0 saturated carbocycles. The molecule has 4 rings (SSSR count). The summed E-state index contributed by atoms with van der Waals surface area (Å²) in [7, 11) is 0. The maximum atomic E-state index is 12.3. The van der Waals surface area contributed by atoms with Gasteiger partial charge >= 0.3 is 5.69 Å². The Balaban J connectivity index is 1.43. The summed E-state index contributed by atoms with van der Waals surface area (Å²) in [5.74, 6) is 0.648. The minimum absolute atomic E-state index is 0.108. The molecule has 130 valence electrons. The molecule has 0 saturated heterocycles. The molecule has 2 heterocycles. The average molecular weight is 347 g/mol. The van der Waals surface area contributed by atoms with Gasteiger partial charge in [-0.2, -0.15) is 0 Å². The molecule has 0 spiro atoms. The highest BCUT2D eigenvalue weighted by Gasteiger charge is 2.09. The van der Waals surface area contributed by atoms with Gasteiger partial charge in [-0.3, -0.25) is 4.79 Å². The summed E-state index contributed by atoms with van der Waals surface area (Å²) in [6.45, 7) is 0.574. The van der Waals surface area contributed by atoms with Gasteiger partial charge in [-0.1, -0.05) is 36.4 Å². The summed E-state index contributed by atoms with van der Waals surface area (Å²) >= 11 is 0. The lowest BCUT2D eigenvalue weighted by Gasteiger charge is -2.09. The summed E-state index contributed by atoms with van der Waals surface area (Å²) in [5.41, 5.74) is 3.11. The molecule has 1 amide bonds. The van der Waals surface area contributed by atoms with Gasteiger partial charge in [0.25, 0.3) is 0 Å². The third kappa shape index (κ3) is 3.27. The number of carbonyl (C=O) groups is 1. The van der Waals surface area contributed by atoms with Crippen LogP contribution in [0.25, 0.3) is 22.4 Å². The second-order valence-corrected chi connectivity index (χ2v) is 5.98. The fraction of sp³-hybridized carbons (Fsp3) is 0.105. The van der Waals surface area contributed by atoms with Crippen molar-refractivity contribution in [3.63, 3.8) is 0 Å². The highest BCUT2D eigenvalue weighted by molar-refractivity contribution is 5.77. The number of nitrogens with one attached hydrogen (secondary N) is 3. The van der Waals surface area contributed by atoms with Crippen molar-refractivity contribution in [3.8, 4) is 11.4 Å². The lowest BCUT2D eigenvalue weighted by Crippen LogP contribution is -2.27. The quantitative estimate of drug-likeness (QED) is 0.515. The van der Waals surface area contributed by atoms with Gasteiger partial charge in [0.15, 0.2) is 0 Å². The first-order chi connectivity index (χ1) is 12.7. The lowest BCUT2D eigenvalue weighted by atomic mass is 10.2. The van der Waals surface area contributed by atoms with Gasteiger partial charge in [0, 0.05) is 24.5 Å². The van der Waals surface area contributed by atoms with Crippen LogP contribution in [0.2, 0.25) is 0 Å². The second kappa shape index (κ2) is 6.72. The van der Waals surface area contributed by atoms with Crippen LogP contribution >= 0.6 is 0 Å². The van der Waals surface area contributed by atoms with Crippen LogP contribution in [0, 0.1) is 0 Å². The topological polar surface area (TPSA) is 95.6 Å². The number of hydrogen-bond donors (Lipinski definition) is 3. The number of aromatic nitrogens is 4. The van der Waals surface area contributed by atoms with Crippen LogP contribution in [0.4, 0.5) is 0 Å². The van der Waals surface area contributed by atoms with E-state index in [4.69, 9.17) is 0 Å². The molecule has 7 nitrogen and oxygen atoms in total. The van der Waals surface area contributed by atoms with Gasteiger partial charge in [0.05, 0.1) is 11.0 Å². The highest BCUT2D eigenvalue weighted by Crippen LogP contribution is 2.16. The van der Waals surface area contributed by atoms with Crippen molar-refractivity contribution >= 4 is 16.9 Å². The molecule has 0 aliphatic carbocycles. The standard InChI is InChI=1S/C19H17N5O2/c25-17(12-24-9-8-20-18(24)14-4-2-1-3-5-14)21-11-13-6-7-15-16(10-13)23-19(26)22-15/h1-10H,11-12H2,(H,21,25)(H2,22,23,26). The number of rotatable bonds is 5. The highest BCUT2D eigenvalue weighted by atomic mass is 16.2. The molecule has 2 aromatic heterocycles. The van der Waals surface area contributed by atoms with Gasteiger partial charge in [0.2, 0.25) is 5.91 Å². The fourth-order valence-electron chi connectivity index (χ4n) is 2.89. The molecule has 0 fully saturated rings. The Labute approximate surface area is 148 Å². The maximum Gasteiger partial charge on any atom is 0.323 e. The van der Waals surface area contributed by atoms with E-state index in [1.165, 1.54) is 0 Å². The van der Waals surface area contributed by atoms with E-state index < -0.39 is 0 Å². The zero-order chi connectivity index (χ0) is 17.9. The summed E-state index contributed by atoms with van der Waals surface area (Å²) in [6.07, 6.45) is 3.48. The molecule has 3 N–H and O–H groups in total. The third-order valence-corrected chi connectivity index (χ3v) is 4.13. The molecule has 0 aliphatic heterocycles. The number of fused-ring (bicyclic) bond motifs is 1. The van der Waals surface area contributed by atoms with Gasteiger partial charge in [-0.25, -0.2) is 9.78 Å². The van der Waals surface area contributed by atoms with Gasteiger partial charge in [-0.15, -0.1) is 0 Å². The van der Waals surface area contributed by atoms with Crippen LogP contribution in [0.5, 0.6) is 0 Å². The Morgan fingerprint density at radius 3 is 2.73 bits per heavy atom. The molecule has 2 aromatic carbocycles. The van der Waals surface area contributed by atoms with Crippen LogP contribution in [0.15, 0.2) is 65.7 Å². The second-order valence-electron chi connectivity index (χ2n) is 5.98. The summed E-state index contributed by atoms with van der Waals surface area (Å²) in [6, 6.07) is 15.3. The van der Waals surface area contributed by atoms with Crippen molar-refractivity contribution in [1.29, 1.82) is 0 Å². The van der Waals surface area contributed by atoms with Crippen LogP contribution in [-0.2, 0) is 17.9 Å². The predicted octanol–water partition coefficient (Wildman–Crippen LogP) is 2.04. The van der Waals surface area contributed by atoms with Crippen LogP contribution in [-0.4, -0.2) is 25.4 Å². The Kier molecular flexibility index (Phi) is 4.10. The van der Waals surface area contributed by atoms with Crippen molar-refractivity contribution in [3.05, 3.63) is 77.0 Å². The first kappa shape index (κ1) is 15.9. The number of hydrogen-bond acceptors (Lipinski definition) is 3. The minimum Gasteiger partial charge on any atom is -0.350 e. The number of carbonyl (C=O) groups excluding carboxylic acids is 1. The minimum atomic E-state index is -0.241. The Morgan fingerprint density at radius 2 is 1.88 bits per heavy atom. The molecule has 26 heavy (non-hydrogen) atoms. The van der Waals surface area contributed by atoms with E-state index in [9.17, 15) is 9.59 Å². The number of imidazole rings is 2. The molecular weight excluding hydrogens is 330 g/mol. The Hall–Kier alpha value is -3.61. The summed E-state index contributed by atoms with van der Waals surface area (Å²) in [5, 5.41) is 2.90. The van der Waals surface area contributed by atoms with Crippen LogP contribution in [0.1, 0.15) is 5.56 Å². The smallest absolute Gasteiger partial charge is 0.323 e. The monoisotopic (exact) mass is 347 g/mol. The van der Waals surface area contributed by atoms with Crippen molar-refractivity contribution in [1.82, 2.24) is 24.8 Å². The number of aromatic amines is 2. The van der Waals surface area contributed by atoms with Gasteiger partial charge < -0.3 is 19.9 Å².